The SMILES string of the molecule is CCOc1ccc(N(CC(=O)N/N=C\c2ccc(OCC(=O)Nc3ccc(F)cc3)cc2)S(=O)(=O)c2ccc(C)cc2)cc1. The van der Waals surface area contributed by atoms with Crippen LogP contribution in [0.3, 0.4) is 0 Å². The maximum Gasteiger partial charge on any atom is 0.264 e. The minimum Gasteiger partial charge on any atom is -0.494 e. The van der Waals surface area contributed by atoms with E-state index < -0.39 is 34.2 Å². The predicted octanol–water partition coefficient (Wildman–Crippen LogP) is 4.90. The van der Waals surface area contributed by atoms with Crippen molar-refractivity contribution in [3.05, 3.63) is 114 Å². The van der Waals surface area contributed by atoms with Crippen LogP contribution in [0.1, 0.15) is 18.1 Å². The lowest BCUT2D eigenvalue weighted by molar-refractivity contribution is -0.119. The highest BCUT2D eigenvalue weighted by molar-refractivity contribution is 7.92. The maximum absolute atomic E-state index is 13.5. The molecule has 0 unspecified atom stereocenters. The number of carbonyl (C=O) groups is 2. The van der Waals surface area contributed by atoms with E-state index in [1.165, 1.54) is 42.6 Å². The first kappa shape index (κ1) is 31.7. The normalized spacial score (nSPS) is 11.2. The van der Waals surface area contributed by atoms with Crippen LogP contribution in [0.2, 0.25) is 0 Å². The van der Waals surface area contributed by atoms with E-state index in [-0.39, 0.29) is 17.2 Å². The zero-order valence-electron chi connectivity index (χ0n) is 24.1. The molecule has 44 heavy (non-hydrogen) atoms. The lowest BCUT2D eigenvalue weighted by Crippen LogP contribution is -2.39. The van der Waals surface area contributed by atoms with E-state index in [0.29, 0.717) is 29.4 Å². The molecular formula is C32H31FN4O6S. The van der Waals surface area contributed by atoms with Gasteiger partial charge < -0.3 is 14.8 Å². The van der Waals surface area contributed by atoms with Gasteiger partial charge in [0.25, 0.3) is 21.8 Å². The molecule has 4 aromatic rings. The van der Waals surface area contributed by atoms with E-state index in [0.717, 1.165) is 9.87 Å². The minimum atomic E-state index is -4.08. The van der Waals surface area contributed by atoms with Crippen LogP contribution < -0.4 is 24.5 Å². The second-order valence-corrected chi connectivity index (χ2v) is 11.3. The van der Waals surface area contributed by atoms with Crippen LogP contribution in [0, 0.1) is 12.7 Å². The molecule has 0 bridgehead atoms. The summed E-state index contributed by atoms with van der Waals surface area (Å²) in [5.74, 6) is -0.471. The Morgan fingerprint density at radius 2 is 1.45 bits per heavy atom. The molecule has 0 saturated carbocycles. The van der Waals surface area contributed by atoms with Crippen LogP contribution in [0.4, 0.5) is 15.8 Å². The molecule has 0 heterocycles. The van der Waals surface area contributed by atoms with Crippen molar-refractivity contribution in [3.63, 3.8) is 0 Å². The van der Waals surface area contributed by atoms with Crippen molar-refractivity contribution in [1.29, 1.82) is 0 Å². The van der Waals surface area contributed by atoms with Crippen LogP contribution in [0.5, 0.6) is 11.5 Å². The Bertz CT molecular complexity index is 1690. The van der Waals surface area contributed by atoms with Gasteiger partial charge in [0.2, 0.25) is 0 Å². The van der Waals surface area contributed by atoms with Crippen molar-refractivity contribution in [1.82, 2.24) is 5.43 Å². The third kappa shape index (κ3) is 8.88. The average molecular weight is 619 g/mol. The molecule has 2 amide bonds. The second kappa shape index (κ2) is 14.8. The molecule has 0 saturated heterocycles. The fourth-order valence-corrected chi connectivity index (χ4v) is 5.32. The molecule has 0 aliphatic heterocycles. The molecule has 0 aliphatic rings. The number of sulfonamides is 1. The molecular weight excluding hydrogens is 587 g/mol. The number of ether oxygens (including phenoxy) is 2. The number of carbonyl (C=O) groups excluding carboxylic acids is 2. The van der Waals surface area contributed by atoms with Gasteiger partial charge in [0.1, 0.15) is 23.9 Å². The standard InChI is InChI=1S/C32H31FN4O6S/c1-3-42-28-16-12-27(13-17-28)37(44(40,41)30-18-4-23(2)5-19-30)21-31(38)36-34-20-24-6-14-29(15-7-24)43-22-32(39)35-26-10-8-25(33)9-11-26/h4-20H,3,21-22H2,1-2H3,(H,35,39)(H,36,38)/b34-20-. The summed E-state index contributed by atoms with van der Waals surface area (Å²) in [5.41, 5.74) is 4.62. The summed E-state index contributed by atoms with van der Waals surface area (Å²) in [7, 11) is -4.08. The average Bonchev–Trinajstić information content (AvgIpc) is 3.01. The van der Waals surface area contributed by atoms with Gasteiger partial charge in [-0.2, -0.15) is 5.10 Å². The second-order valence-electron chi connectivity index (χ2n) is 9.46. The maximum atomic E-state index is 13.5. The molecule has 0 fully saturated rings. The number of aryl methyl sites for hydroxylation is 1. The van der Waals surface area contributed by atoms with Crippen molar-refractivity contribution in [3.8, 4) is 11.5 Å². The molecule has 4 rings (SSSR count). The summed E-state index contributed by atoms with van der Waals surface area (Å²) < 4.78 is 52.0. The van der Waals surface area contributed by atoms with Gasteiger partial charge >= 0.3 is 0 Å². The highest BCUT2D eigenvalue weighted by Crippen LogP contribution is 2.26. The fourth-order valence-electron chi connectivity index (χ4n) is 3.90. The van der Waals surface area contributed by atoms with Crippen LogP contribution in [0.25, 0.3) is 0 Å². The summed E-state index contributed by atoms with van der Waals surface area (Å²) in [6, 6.07) is 24.7. The summed E-state index contributed by atoms with van der Waals surface area (Å²) in [5, 5.41) is 6.55. The number of hydrazone groups is 1. The Kier molecular flexibility index (Phi) is 10.7. The van der Waals surface area contributed by atoms with Crippen LogP contribution in [-0.2, 0) is 19.6 Å². The van der Waals surface area contributed by atoms with Crippen LogP contribution >= 0.6 is 0 Å². The summed E-state index contributed by atoms with van der Waals surface area (Å²) in [6.07, 6.45) is 1.39. The van der Waals surface area contributed by atoms with Gasteiger partial charge in [-0.3, -0.25) is 13.9 Å². The molecule has 0 radical (unpaired) electrons. The van der Waals surface area contributed by atoms with E-state index in [2.05, 4.69) is 15.8 Å². The molecule has 10 nitrogen and oxygen atoms in total. The van der Waals surface area contributed by atoms with Gasteiger partial charge in [0.15, 0.2) is 6.61 Å². The first-order valence-corrected chi connectivity index (χ1v) is 15.0. The van der Waals surface area contributed by atoms with E-state index in [1.807, 2.05) is 13.8 Å². The summed E-state index contributed by atoms with van der Waals surface area (Å²) in [4.78, 5) is 25.0. The largest absolute Gasteiger partial charge is 0.494 e. The van der Waals surface area contributed by atoms with Gasteiger partial charge in [0, 0.05) is 5.69 Å². The highest BCUT2D eigenvalue weighted by atomic mass is 32.2. The number of amides is 2. The first-order chi connectivity index (χ1) is 21.1. The van der Waals surface area contributed by atoms with Gasteiger partial charge in [-0.1, -0.05) is 17.7 Å². The van der Waals surface area contributed by atoms with Crippen molar-refractivity contribution < 1.29 is 31.9 Å². The molecule has 0 aromatic heterocycles. The Hall–Kier alpha value is -5.23. The van der Waals surface area contributed by atoms with Gasteiger partial charge in [0.05, 0.1) is 23.4 Å². The smallest absolute Gasteiger partial charge is 0.264 e. The number of nitrogens with zero attached hydrogens (tertiary/aromatic N) is 2. The third-order valence-corrected chi connectivity index (χ3v) is 7.90. The van der Waals surface area contributed by atoms with E-state index in [1.54, 1.807) is 60.7 Å². The number of hydrogen-bond acceptors (Lipinski definition) is 7. The molecule has 0 aliphatic carbocycles. The predicted molar refractivity (Wildman–Crippen MR) is 166 cm³/mol. The Morgan fingerprint density at radius 1 is 0.841 bits per heavy atom. The van der Waals surface area contributed by atoms with Crippen molar-refractivity contribution >= 4 is 39.4 Å². The number of benzene rings is 4. The van der Waals surface area contributed by atoms with Crippen molar-refractivity contribution in [2.45, 2.75) is 18.7 Å². The molecule has 0 atom stereocenters. The lowest BCUT2D eigenvalue weighted by atomic mass is 10.2. The molecule has 228 valence electrons. The molecule has 12 heteroatoms. The van der Waals surface area contributed by atoms with Crippen molar-refractivity contribution in [2.24, 2.45) is 5.10 Å². The molecule has 2 N–H and O–H groups in total. The number of rotatable bonds is 13. The minimum absolute atomic E-state index is 0.0449. The van der Waals surface area contributed by atoms with Crippen molar-refractivity contribution in [2.75, 3.05) is 29.4 Å². The number of halogens is 1. The van der Waals surface area contributed by atoms with E-state index >= 15 is 0 Å². The Balaban J connectivity index is 1.36. The Morgan fingerprint density at radius 3 is 2.09 bits per heavy atom. The van der Waals surface area contributed by atoms with Crippen LogP contribution in [0.15, 0.2) is 107 Å². The van der Waals surface area contributed by atoms with Gasteiger partial charge in [-0.25, -0.2) is 18.2 Å². The quantitative estimate of drug-likeness (QED) is 0.162. The monoisotopic (exact) mass is 618 g/mol. The van der Waals surface area contributed by atoms with Gasteiger partial charge in [-0.15, -0.1) is 0 Å². The Labute approximate surface area is 255 Å². The molecule has 4 aromatic carbocycles. The zero-order chi connectivity index (χ0) is 31.5. The zero-order valence-corrected chi connectivity index (χ0v) is 24.9. The summed E-state index contributed by atoms with van der Waals surface area (Å²) >= 11 is 0. The number of anilines is 2. The fraction of sp³-hybridized carbons (Fsp3) is 0.156. The van der Waals surface area contributed by atoms with E-state index in [4.69, 9.17) is 9.47 Å². The topological polar surface area (TPSA) is 126 Å². The highest BCUT2D eigenvalue weighted by Gasteiger charge is 2.27. The summed E-state index contributed by atoms with van der Waals surface area (Å²) in [6.45, 7) is 3.38. The third-order valence-electron chi connectivity index (χ3n) is 6.11. The number of hydrogen-bond donors (Lipinski definition) is 2. The lowest BCUT2D eigenvalue weighted by Gasteiger charge is -2.24. The van der Waals surface area contributed by atoms with Gasteiger partial charge in [-0.05, 0) is 104 Å². The number of nitrogens with one attached hydrogen (secondary N) is 2. The molecule has 0 spiro atoms. The van der Waals surface area contributed by atoms with E-state index in [9.17, 15) is 22.4 Å². The van der Waals surface area contributed by atoms with Crippen LogP contribution in [-0.4, -0.2) is 46.2 Å². The first-order valence-electron chi connectivity index (χ1n) is 13.6.